The molecule has 0 bridgehead atoms. The van der Waals surface area contributed by atoms with Gasteiger partial charge in [0.15, 0.2) is 0 Å². The summed E-state index contributed by atoms with van der Waals surface area (Å²) in [5, 5.41) is 4.79. The number of halogens is 1. The third-order valence-corrected chi connectivity index (χ3v) is 5.53. The van der Waals surface area contributed by atoms with Gasteiger partial charge in [-0.1, -0.05) is 73.1 Å². The van der Waals surface area contributed by atoms with E-state index in [1.165, 1.54) is 5.56 Å². The molecule has 144 valence electrons. The first-order valence-corrected chi connectivity index (χ1v) is 9.84. The Hall–Kier alpha value is -2.66. The van der Waals surface area contributed by atoms with Crippen molar-refractivity contribution < 1.29 is 9.32 Å². The van der Waals surface area contributed by atoms with E-state index in [2.05, 4.69) is 36.1 Å². The van der Waals surface area contributed by atoms with E-state index in [1.807, 2.05) is 36.4 Å². The second-order valence-corrected chi connectivity index (χ2v) is 7.91. The van der Waals surface area contributed by atoms with Gasteiger partial charge >= 0.3 is 0 Å². The summed E-state index contributed by atoms with van der Waals surface area (Å²) in [5.41, 5.74) is 3.12. The standard InChI is InChI=1S/C22H22ClN3O2/c1-14(2)15-7-9-16(10-8-15)21-24-22(28-25-21)18-11-20(27)26(13-18)12-17-5-3-4-6-19(17)23/h3-10,14,18H,11-13H2,1-2H3. The van der Waals surface area contributed by atoms with E-state index in [0.29, 0.717) is 42.2 Å². The van der Waals surface area contributed by atoms with Gasteiger partial charge < -0.3 is 9.42 Å². The molecule has 1 unspecified atom stereocenters. The van der Waals surface area contributed by atoms with Gasteiger partial charge in [0.2, 0.25) is 17.6 Å². The molecule has 0 radical (unpaired) electrons. The van der Waals surface area contributed by atoms with Gasteiger partial charge in [-0.05, 0) is 23.1 Å². The van der Waals surface area contributed by atoms with Crippen LogP contribution in [0.5, 0.6) is 0 Å². The molecule has 5 nitrogen and oxygen atoms in total. The molecule has 1 fully saturated rings. The quantitative estimate of drug-likeness (QED) is 0.608. The fraction of sp³-hybridized carbons (Fsp3) is 0.318. The van der Waals surface area contributed by atoms with Crippen LogP contribution in [0.3, 0.4) is 0 Å². The van der Waals surface area contributed by atoms with Gasteiger partial charge in [-0.3, -0.25) is 4.79 Å². The molecule has 1 aromatic heterocycles. The Kier molecular flexibility index (Phi) is 5.18. The van der Waals surface area contributed by atoms with Crippen molar-refractivity contribution in [3.63, 3.8) is 0 Å². The van der Waals surface area contributed by atoms with Gasteiger partial charge in [-0.15, -0.1) is 0 Å². The Morgan fingerprint density at radius 2 is 1.93 bits per heavy atom. The van der Waals surface area contributed by atoms with E-state index in [0.717, 1.165) is 11.1 Å². The number of benzene rings is 2. The number of hydrogen-bond acceptors (Lipinski definition) is 4. The molecule has 2 aromatic carbocycles. The minimum atomic E-state index is -0.0915. The number of aromatic nitrogens is 2. The summed E-state index contributed by atoms with van der Waals surface area (Å²) in [4.78, 5) is 18.8. The molecule has 0 N–H and O–H groups in total. The molecule has 1 amide bonds. The molecule has 1 aliphatic rings. The van der Waals surface area contributed by atoms with Gasteiger partial charge in [-0.25, -0.2) is 0 Å². The van der Waals surface area contributed by atoms with E-state index in [4.69, 9.17) is 16.1 Å². The van der Waals surface area contributed by atoms with E-state index in [1.54, 1.807) is 4.90 Å². The van der Waals surface area contributed by atoms with E-state index >= 15 is 0 Å². The lowest BCUT2D eigenvalue weighted by Crippen LogP contribution is -2.24. The predicted molar refractivity (Wildman–Crippen MR) is 108 cm³/mol. The zero-order valence-electron chi connectivity index (χ0n) is 15.9. The van der Waals surface area contributed by atoms with Crippen molar-refractivity contribution in [1.82, 2.24) is 15.0 Å². The minimum absolute atomic E-state index is 0.0750. The SMILES string of the molecule is CC(C)c1ccc(-c2noc(C3CC(=O)N(Cc4ccccc4Cl)C3)n2)cc1. The van der Waals surface area contributed by atoms with Crippen LogP contribution in [0.4, 0.5) is 0 Å². The fourth-order valence-electron chi connectivity index (χ4n) is 3.46. The summed E-state index contributed by atoms with van der Waals surface area (Å²) in [7, 11) is 0. The number of carbonyl (C=O) groups is 1. The molecule has 0 aliphatic carbocycles. The number of likely N-dealkylation sites (tertiary alicyclic amines) is 1. The molecular weight excluding hydrogens is 374 g/mol. The van der Waals surface area contributed by atoms with Gasteiger partial charge in [0.1, 0.15) is 0 Å². The Morgan fingerprint density at radius 1 is 1.18 bits per heavy atom. The zero-order chi connectivity index (χ0) is 19.7. The average Bonchev–Trinajstić information content (AvgIpc) is 3.31. The lowest BCUT2D eigenvalue weighted by atomic mass is 10.0. The number of amides is 1. The number of hydrogen-bond donors (Lipinski definition) is 0. The first-order chi connectivity index (χ1) is 13.5. The van der Waals surface area contributed by atoms with E-state index < -0.39 is 0 Å². The van der Waals surface area contributed by atoms with Crippen LogP contribution in [-0.4, -0.2) is 27.5 Å². The molecule has 0 spiro atoms. The van der Waals surface area contributed by atoms with Crippen molar-refractivity contribution in [3.05, 3.63) is 70.6 Å². The fourth-order valence-corrected chi connectivity index (χ4v) is 3.65. The normalized spacial score (nSPS) is 16.9. The minimum Gasteiger partial charge on any atom is -0.339 e. The van der Waals surface area contributed by atoms with E-state index in [9.17, 15) is 4.79 Å². The highest BCUT2D eigenvalue weighted by Crippen LogP contribution is 2.31. The smallest absolute Gasteiger partial charge is 0.232 e. The summed E-state index contributed by atoms with van der Waals surface area (Å²) in [6.07, 6.45) is 0.373. The molecule has 3 aromatic rings. The highest BCUT2D eigenvalue weighted by molar-refractivity contribution is 6.31. The van der Waals surface area contributed by atoms with Crippen molar-refractivity contribution >= 4 is 17.5 Å². The first kappa shape index (κ1) is 18.7. The van der Waals surface area contributed by atoms with Crippen LogP contribution in [0.2, 0.25) is 5.02 Å². The third kappa shape index (κ3) is 3.80. The van der Waals surface area contributed by atoms with E-state index in [-0.39, 0.29) is 11.8 Å². The van der Waals surface area contributed by atoms with Crippen LogP contribution >= 0.6 is 11.6 Å². The van der Waals surface area contributed by atoms with Crippen molar-refractivity contribution in [3.8, 4) is 11.4 Å². The predicted octanol–water partition coefficient (Wildman–Crippen LogP) is 5.03. The highest BCUT2D eigenvalue weighted by Gasteiger charge is 2.34. The Bertz CT molecular complexity index is 981. The Labute approximate surface area is 169 Å². The summed E-state index contributed by atoms with van der Waals surface area (Å²) >= 11 is 6.23. The van der Waals surface area contributed by atoms with Crippen LogP contribution in [-0.2, 0) is 11.3 Å². The highest BCUT2D eigenvalue weighted by atomic mass is 35.5. The number of carbonyl (C=O) groups excluding carboxylic acids is 1. The summed E-state index contributed by atoms with van der Waals surface area (Å²) < 4.78 is 5.49. The lowest BCUT2D eigenvalue weighted by Gasteiger charge is -2.16. The number of rotatable bonds is 5. The largest absolute Gasteiger partial charge is 0.339 e. The molecule has 0 saturated carbocycles. The maximum absolute atomic E-state index is 12.4. The van der Waals surface area contributed by atoms with Crippen LogP contribution in [0.1, 0.15) is 49.1 Å². The molecular formula is C22H22ClN3O2. The Balaban J connectivity index is 1.47. The second-order valence-electron chi connectivity index (χ2n) is 7.50. The van der Waals surface area contributed by atoms with Gasteiger partial charge in [-0.2, -0.15) is 4.98 Å². The molecule has 2 heterocycles. The summed E-state index contributed by atoms with van der Waals surface area (Å²) in [6, 6.07) is 15.8. The summed E-state index contributed by atoms with van der Waals surface area (Å²) in [5.74, 6) is 1.53. The van der Waals surface area contributed by atoms with Crippen molar-refractivity contribution in [2.24, 2.45) is 0 Å². The van der Waals surface area contributed by atoms with Crippen LogP contribution < -0.4 is 0 Å². The topological polar surface area (TPSA) is 59.2 Å². The average molecular weight is 396 g/mol. The van der Waals surface area contributed by atoms with Crippen molar-refractivity contribution in [2.45, 2.75) is 38.6 Å². The first-order valence-electron chi connectivity index (χ1n) is 9.46. The monoisotopic (exact) mass is 395 g/mol. The maximum atomic E-state index is 12.4. The molecule has 1 aliphatic heterocycles. The number of nitrogens with zero attached hydrogens (tertiary/aromatic N) is 3. The zero-order valence-corrected chi connectivity index (χ0v) is 16.7. The maximum Gasteiger partial charge on any atom is 0.232 e. The van der Waals surface area contributed by atoms with Crippen LogP contribution in [0.25, 0.3) is 11.4 Å². The Morgan fingerprint density at radius 3 is 2.64 bits per heavy atom. The van der Waals surface area contributed by atoms with Crippen LogP contribution in [0, 0.1) is 0 Å². The van der Waals surface area contributed by atoms with Crippen molar-refractivity contribution in [1.29, 1.82) is 0 Å². The van der Waals surface area contributed by atoms with Gasteiger partial charge in [0.25, 0.3) is 0 Å². The third-order valence-electron chi connectivity index (χ3n) is 5.16. The van der Waals surface area contributed by atoms with Crippen LogP contribution in [0.15, 0.2) is 53.1 Å². The summed E-state index contributed by atoms with van der Waals surface area (Å²) in [6.45, 7) is 5.37. The molecule has 6 heteroatoms. The lowest BCUT2D eigenvalue weighted by molar-refractivity contribution is -0.128. The second kappa shape index (κ2) is 7.76. The van der Waals surface area contributed by atoms with Gasteiger partial charge in [0, 0.05) is 30.1 Å². The van der Waals surface area contributed by atoms with Crippen molar-refractivity contribution in [2.75, 3.05) is 6.54 Å². The van der Waals surface area contributed by atoms with Gasteiger partial charge in [0.05, 0.1) is 5.92 Å². The molecule has 4 rings (SSSR count). The molecule has 1 saturated heterocycles. The molecule has 28 heavy (non-hydrogen) atoms. The molecule has 1 atom stereocenters.